The van der Waals surface area contributed by atoms with Gasteiger partial charge in [-0.1, -0.05) is 34.5 Å². The number of hydrogen-bond donors (Lipinski definition) is 0. The Hall–Kier alpha value is -0.0600. The van der Waals surface area contributed by atoms with Crippen LogP contribution in [0, 0.1) is 0 Å². The van der Waals surface area contributed by atoms with Gasteiger partial charge in [0.15, 0.2) is 0 Å². The van der Waals surface area contributed by atoms with Gasteiger partial charge in [-0.3, -0.25) is 9.58 Å². The molecule has 0 aliphatic carbocycles. The first kappa shape index (κ1) is 17.0. The summed E-state index contributed by atoms with van der Waals surface area (Å²) in [6.07, 6.45) is 2.04. The van der Waals surface area contributed by atoms with E-state index in [0.717, 1.165) is 54.2 Å². The third kappa shape index (κ3) is 4.47. The van der Waals surface area contributed by atoms with Gasteiger partial charge in [0.2, 0.25) is 0 Å². The summed E-state index contributed by atoms with van der Waals surface area (Å²) in [5.41, 5.74) is 2.17. The third-order valence-electron chi connectivity index (χ3n) is 3.36. The predicted octanol–water partition coefficient (Wildman–Crippen LogP) is 4.11. The molecule has 0 aromatic carbocycles. The van der Waals surface area contributed by atoms with Crippen LogP contribution in [0.3, 0.4) is 0 Å². The molecule has 0 aliphatic rings. The largest absolute Gasteiger partial charge is 0.295 e. The highest BCUT2D eigenvalue weighted by Gasteiger charge is 2.18. The zero-order chi connectivity index (χ0) is 14.4. The SMILES string of the molecule is CCc1nn(CC)c(CN(CCCBr)C(C)C)c1Cl. The molecule has 0 radical (unpaired) electrons. The highest BCUT2D eigenvalue weighted by atomic mass is 79.9. The second-order valence-electron chi connectivity index (χ2n) is 4.98. The van der Waals surface area contributed by atoms with Crippen molar-refractivity contribution >= 4 is 27.5 Å². The summed E-state index contributed by atoms with van der Waals surface area (Å²) in [7, 11) is 0. The molecule has 3 nitrogen and oxygen atoms in total. The second kappa shape index (κ2) is 8.28. The molecule has 1 rings (SSSR count). The van der Waals surface area contributed by atoms with E-state index in [1.807, 2.05) is 4.68 Å². The summed E-state index contributed by atoms with van der Waals surface area (Å²) in [5.74, 6) is 0. The van der Waals surface area contributed by atoms with Gasteiger partial charge in [0, 0.05) is 24.5 Å². The zero-order valence-corrected chi connectivity index (χ0v) is 14.8. The van der Waals surface area contributed by atoms with Crippen molar-refractivity contribution < 1.29 is 0 Å². The quantitative estimate of drug-likeness (QED) is 0.658. The minimum atomic E-state index is 0.514. The molecule has 0 saturated heterocycles. The Bertz CT molecular complexity index is 390. The van der Waals surface area contributed by atoms with Gasteiger partial charge in [-0.05, 0) is 40.2 Å². The van der Waals surface area contributed by atoms with E-state index in [9.17, 15) is 0 Å². The van der Waals surface area contributed by atoms with Crippen molar-refractivity contribution in [3.63, 3.8) is 0 Å². The fraction of sp³-hybridized carbons (Fsp3) is 0.786. The Balaban J connectivity index is 2.91. The Labute approximate surface area is 130 Å². The third-order valence-corrected chi connectivity index (χ3v) is 4.35. The van der Waals surface area contributed by atoms with Gasteiger partial charge in [0.1, 0.15) is 0 Å². The van der Waals surface area contributed by atoms with Crippen LogP contribution in [0.15, 0.2) is 0 Å². The Morgan fingerprint density at radius 3 is 2.53 bits per heavy atom. The van der Waals surface area contributed by atoms with Crippen LogP contribution in [0.2, 0.25) is 5.02 Å². The molecule has 0 spiro atoms. The van der Waals surface area contributed by atoms with Crippen molar-refractivity contribution in [2.75, 3.05) is 11.9 Å². The van der Waals surface area contributed by atoms with E-state index in [1.54, 1.807) is 0 Å². The fourth-order valence-corrected chi connectivity index (χ4v) is 2.72. The number of hydrogen-bond acceptors (Lipinski definition) is 2. The summed E-state index contributed by atoms with van der Waals surface area (Å²) in [6.45, 7) is 11.5. The first-order valence-electron chi connectivity index (χ1n) is 7.09. The number of rotatable bonds is 8. The molecule has 0 N–H and O–H groups in total. The average Bonchev–Trinajstić information content (AvgIpc) is 2.70. The molecule has 0 fully saturated rings. The number of aromatic nitrogens is 2. The van der Waals surface area contributed by atoms with Crippen molar-refractivity contribution in [2.24, 2.45) is 0 Å². The van der Waals surface area contributed by atoms with Crippen LogP contribution in [-0.4, -0.2) is 32.6 Å². The minimum Gasteiger partial charge on any atom is -0.295 e. The van der Waals surface area contributed by atoms with Crippen LogP contribution in [0.4, 0.5) is 0 Å². The van der Waals surface area contributed by atoms with E-state index in [2.05, 4.69) is 53.6 Å². The standard InChI is InChI=1S/C14H25BrClN3/c1-5-12-14(16)13(19(6-2)17-12)10-18(11(3)4)9-7-8-15/h11H,5-10H2,1-4H3. The van der Waals surface area contributed by atoms with Crippen molar-refractivity contribution in [3.05, 3.63) is 16.4 Å². The summed E-state index contributed by atoms with van der Waals surface area (Å²) in [6, 6.07) is 0.514. The van der Waals surface area contributed by atoms with Gasteiger partial charge < -0.3 is 0 Å². The summed E-state index contributed by atoms with van der Waals surface area (Å²) < 4.78 is 2.05. The maximum atomic E-state index is 6.47. The van der Waals surface area contributed by atoms with Gasteiger partial charge in [-0.15, -0.1) is 0 Å². The molecule has 1 heterocycles. The van der Waals surface area contributed by atoms with Gasteiger partial charge in [0.25, 0.3) is 0 Å². The summed E-state index contributed by atoms with van der Waals surface area (Å²) in [4.78, 5) is 2.45. The van der Waals surface area contributed by atoms with Crippen molar-refractivity contribution in [1.82, 2.24) is 14.7 Å². The molecular formula is C14H25BrClN3. The van der Waals surface area contributed by atoms with E-state index < -0.39 is 0 Å². The predicted molar refractivity (Wildman–Crippen MR) is 86.2 cm³/mol. The van der Waals surface area contributed by atoms with Gasteiger partial charge >= 0.3 is 0 Å². The molecule has 0 unspecified atom stereocenters. The van der Waals surface area contributed by atoms with E-state index in [4.69, 9.17) is 11.6 Å². The highest BCUT2D eigenvalue weighted by Crippen LogP contribution is 2.23. The first-order valence-corrected chi connectivity index (χ1v) is 8.59. The number of aryl methyl sites for hydroxylation is 2. The maximum Gasteiger partial charge on any atom is 0.0863 e. The maximum absolute atomic E-state index is 6.47. The molecule has 5 heteroatoms. The molecule has 19 heavy (non-hydrogen) atoms. The van der Waals surface area contributed by atoms with E-state index in [-0.39, 0.29) is 0 Å². The first-order chi connectivity index (χ1) is 9.04. The van der Waals surface area contributed by atoms with Crippen molar-refractivity contribution in [2.45, 2.75) is 59.7 Å². The van der Waals surface area contributed by atoms with E-state index in [1.165, 1.54) is 0 Å². The number of alkyl halides is 1. The Kier molecular flexibility index (Phi) is 7.40. The molecule has 0 aliphatic heterocycles. The van der Waals surface area contributed by atoms with Gasteiger partial charge in [-0.25, -0.2) is 0 Å². The van der Waals surface area contributed by atoms with Crippen molar-refractivity contribution in [1.29, 1.82) is 0 Å². The molecule has 1 aromatic heterocycles. The number of halogens is 2. The van der Waals surface area contributed by atoms with Crippen LogP contribution in [-0.2, 0) is 19.5 Å². The fourth-order valence-electron chi connectivity index (χ4n) is 2.14. The lowest BCUT2D eigenvalue weighted by molar-refractivity contribution is 0.208. The average molecular weight is 351 g/mol. The van der Waals surface area contributed by atoms with Crippen LogP contribution >= 0.6 is 27.5 Å². The molecule has 0 bridgehead atoms. The smallest absolute Gasteiger partial charge is 0.0863 e. The van der Waals surface area contributed by atoms with Crippen LogP contribution < -0.4 is 0 Å². The second-order valence-corrected chi connectivity index (χ2v) is 6.15. The summed E-state index contributed by atoms with van der Waals surface area (Å²) >= 11 is 9.97. The van der Waals surface area contributed by atoms with E-state index >= 15 is 0 Å². The Morgan fingerprint density at radius 1 is 1.37 bits per heavy atom. The van der Waals surface area contributed by atoms with Gasteiger partial charge in [-0.2, -0.15) is 5.10 Å². The molecule has 0 atom stereocenters. The molecule has 1 aromatic rings. The minimum absolute atomic E-state index is 0.514. The van der Waals surface area contributed by atoms with Crippen molar-refractivity contribution in [3.8, 4) is 0 Å². The highest BCUT2D eigenvalue weighted by molar-refractivity contribution is 9.09. The molecular weight excluding hydrogens is 326 g/mol. The van der Waals surface area contributed by atoms with Gasteiger partial charge in [0.05, 0.1) is 16.4 Å². The molecule has 110 valence electrons. The lowest BCUT2D eigenvalue weighted by Gasteiger charge is -2.26. The molecule has 0 saturated carbocycles. The lowest BCUT2D eigenvalue weighted by atomic mass is 10.2. The molecule has 0 amide bonds. The zero-order valence-electron chi connectivity index (χ0n) is 12.4. The van der Waals surface area contributed by atoms with Crippen LogP contribution in [0.5, 0.6) is 0 Å². The van der Waals surface area contributed by atoms with Crippen LogP contribution in [0.25, 0.3) is 0 Å². The topological polar surface area (TPSA) is 21.1 Å². The summed E-state index contributed by atoms with van der Waals surface area (Å²) in [5, 5.41) is 6.48. The van der Waals surface area contributed by atoms with E-state index in [0.29, 0.717) is 6.04 Å². The van der Waals surface area contributed by atoms with Crippen LogP contribution in [0.1, 0.15) is 45.5 Å². The normalized spacial score (nSPS) is 11.8. The monoisotopic (exact) mass is 349 g/mol. The lowest BCUT2D eigenvalue weighted by Crippen LogP contribution is -2.32. The Morgan fingerprint density at radius 2 is 2.05 bits per heavy atom. The number of nitrogens with zero attached hydrogens (tertiary/aromatic N) is 3.